The summed E-state index contributed by atoms with van der Waals surface area (Å²) in [5.41, 5.74) is 0. The molecule has 0 fully saturated rings. The summed E-state index contributed by atoms with van der Waals surface area (Å²) in [4.78, 5) is 18.9. The van der Waals surface area contributed by atoms with Crippen LogP contribution >= 0.6 is 0 Å². The number of amides is 2. The molecule has 2 N–H and O–H groups in total. The van der Waals surface area contributed by atoms with Gasteiger partial charge in [0.2, 0.25) is 16.0 Å². The molecule has 0 saturated carbocycles. The molecule has 1 rings (SSSR count). The van der Waals surface area contributed by atoms with Crippen molar-refractivity contribution in [2.75, 3.05) is 11.1 Å². The predicted molar refractivity (Wildman–Crippen MR) is 67.5 cm³/mol. The number of carbonyl (C=O) groups excluding carboxylic acids is 1. The Hall–Kier alpha value is -1.70. The predicted octanol–water partition coefficient (Wildman–Crippen LogP) is 1.12. The van der Waals surface area contributed by atoms with E-state index in [1.54, 1.807) is 6.07 Å². The van der Waals surface area contributed by atoms with Gasteiger partial charge in [-0.2, -0.15) is 0 Å². The first-order chi connectivity index (χ1) is 8.53. The molecule has 0 aliphatic heterocycles. The van der Waals surface area contributed by atoms with Gasteiger partial charge >= 0.3 is 6.03 Å². The van der Waals surface area contributed by atoms with Crippen LogP contribution in [0, 0.1) is 0 Å². The summed E-state index contributed by atoms with van der Waals surface area (Å²) in [5, 5.41) is 2.24. The summed E-state index contributed by atoms with van der Waals surface area (Å²) < 4.78 is 24.9. The summed E-state index contributed by atoms with van der Waals surface area (Å²) in [6.07, 6.45) is 5.14. The van der Waals surface area contributed by atoms with Gasteiger partial charge in [0.1, 0.15) is 0 Å². The summed E-state index contributed by atoms with van der Waals surface area (Å²) in [7, 11) is -3.59. The quantitative estimate of drug-likeness (QED) is 0.756. The molecule has 0 spiro atoms. The lowest BCUT2D eigenvalue weighted by Crippen LogP contribution is -2.36. The monoisotopic (exact) mass is 272 g/mol. The number of urea groups is 1. The third kappa shape index (κ3) is 5.58. The van der Waals surface area contributed by atoms with Crippen LogP contribution in [-0.4, -0.2) is 30.2 Å². The average molecular weight is 272 g/mol. The molecule has 1 aromatic rings. The van der Waals surface area contributed by atoms with Gasteiger partial charge in [-0.3, -0.25) is 5.32 Å². The van der Waals surface area contributed by atoms with Crippen molar-refractivity contribution >= 4 is 22.0 Å². The van der Waals surface area contributed by atoms with E-state index in [-0.39, 0.29) is 11.7 Å². The minimum absolute atomic E-state index is 0.0544. The second-order valence-electron chi connectivity index (χ2n) is 3.65. The zero-order valence-electron chi connectivity index (χ0n) is 10.1. The molecule has 0 unspecified atom stereocenters. The van der Waals surface area contributed by atoms with Crippen molar-refractivity contribution in [3.8, 4) is 0 Å². The van der Waals surface area contributed by atoms with Crippen LogP contribution < -0.4 is 10.0 Å². The number of hydrogen-bond acceptors (Lipinski definition) is 5. The van der Waals surface area contributed by atoms with E-state index in [0.717, 1.165) is 12.8 Å². The molecule has 0 radical (unpaired) electrons. The van der Waals surface area contributed by atoms with E-state index in [0.29, 0.717) is 6.42 Å². The topological polar surface area (TPSA) is 101 Å². The van der Waals surface area contributed by atoms with Crippen molar-refractivity contribution in [3.63, 3.8) is 0 Å². The molecule has 8 heteroatoms. The Labute approximate surface area is 106 Å². The van der Waals surface area contributed by atoms with Crippen LogP contribution in [0.15, 0.2) is 18.5 Å². The fraction of sp³-hybridized carbons (Fsp3) is 0.500. The highest BCUT2D eigenvalue weighted by molar-refractivity contribution is 7.90. The lowest BCUT2D eigenvalue weighted by Gasteiger charge is -2.06. The van der Waals surface area contributed by atoms with Crippen LogP contribution in [0.25, 0.3) is 0 Å². The number of aromatic nitrogens is 2. The maximum atomic E-state index is 11.5. The Bertz CT molecular complexity index is 475. The summed E-state index contributed by atoms with van der Waals surface area (Å²) in [6, 6.07) is 0.739. The molecule has 0 aliphatic rings. The normalized spacial score (nSPS) is 10.9. The van der Waals surface area contributed by atoms with Crippen molar-refractivity contribution in [3.05, 3.63) is 18.5 Å². The van der Waals surface area contributed by atoms with Crippen LogP contribution in [-0.2, 0) is 10.0 Å². The third-order valence-electron chi connectivity index (χ3n) is 2.06. The van der Waals surface area contributed by atoms with Crippen molar-refractivity contribution < 1.29 is 13.2 Å². The zero-order chi connectivity index (χ0) is 13.4. The number of unbranched alkanes of at least 4 members (excludes halogenated alkanes) is 2. The fourth-order valence-corrected chi connectivity index (χ4v) is 2.24. The van der Waals surface area contributed by atoms with Gasteiger partial charge in [0.25, 0.3) is 0 Å². The highest BCUT2D eigenvalue weighted by Crippen LogP contribution is 1.99. The van der Waals surface area contributed by atoms with E-state index in [1.165, 1.54) is 12.4 Å². The van der Waals surface area contributed by atoms with E-state index in [2.05, 4.69) is 15.3 Å². The molecular formula is C10H16N4O3S. The van der Waals surface area contributed by atoms with Crippen LogP contribution in [0.5, 0.6) is 0 Å². The fourth-order valence-electron chi connectivity index (χ4n) is 1.23. The van der Waals surface area contributed by atoms with E-state index in [4.69, 9.17) is 0 Å². The number of rotatable bonds is 6. The van der Waals surface area contributed by atoms with Gasteiger partial charge in [0.15, 0.2) is 0 Å². The van der Waals surface area contributed by atoms with Crippen LogP contribution in [0.3, 0.4) is 0 Å². The van der Waals surface area contributed by atoms with Crippen molar-refractivity contribution in [1.82, 2.24) is 14.7 Å². The Balaban J connectivity index is 2.44. The number of hydrogen-bond donors (Lipinski definition) is 2. The van der Waals surface area contributed by atoms with Crippen molar-refractivity contribution in [2.45, 2.75) is 26.2 Å². The Morgan fingerprint density at radius 3 is 2.56 bits per heavy atom. The SMILES string of the molecule is CCCCCS(=O)(=O)NC(=O)Nc1ncccn1. The second kappa shape index (κ2) is 6.90. The summed E-state index contributed by atoms with van der Waals surface area (Å²) >= 11 is 0. The molecule has 100 valence electrons. The molecule has 18 heavy (non-hydrogen) atoms. The van der Waals surface area contributed by atoms with E-state index >= 15 is 0 Å². The lowest BCUT2D eigenvalue weighted by atomic mass is 10.3. The molecule has 0 aromatic carbocycles. The van der Waals surface area contributed by atoms with Gasteiger partial charge in [0.05, 0.1) is 5.75 Å². The Morgan fingerprint density at radius 1 is 1.28 bits per heavy atom. The summed E-state index contributed by atoms with van der Waals surface area (Å²) in [6.45, 7) is 1.97. The highest BCUT2D eigenvalue weighted by atomic mass is 32.2. The van der Waals surface area contributed by atoms with Gasteiger partial charge in [0, 0.05) is 12.4 Å². The largest absolute Gasteiger partial charge is 0.335 e. The summed E-state index contributed by atoms with van der Waals surface area (Å²) in [5.74, 6) is -0.0112. The molecule has 7 nitrogen and oxygen atoms in total. The smallest absolute Gasteiger partial charge is 0.275 e. The molecule has 0 aliphatic carbocycles. The van der Waals surface area contributed by atoms with Crippen LogP contribution in [0.1, 0.15) is 26.2 Å². The number of nitrogens with zero attached hydrogens (tertiary/aromatic N) is 2. The maximum absolute atomic E-state index is 11.5. The molecule has 0 bridgehead atoms. The number of nitrogens with one attached hydrogen (secondary N) is 2. The van der Waals surface area contributed by atoms with E-state index in [1.807, 2.05) is 11.6 Å². The first-order valence-electron chi connectivity index (χ1n) is 5.62. The number of sulfonamides is 1. The molecule has 2 amide bonds. The van der Waals surface area contributed by atoms with Crippen molar-refractivity contribution in [1.29, 1.82) is 0 Å². The van der Waals surface area contributed by atoms with E-state index < -0.39 is 16.1 Å². The standard InChI is InChI=1S/C10H16N4O3S/c1-2-3-4-8-18(16,17)14-10(15)13-9-11-6-5-7-12-9/h5-7H,2-4,8H2,1H3,(H2,11,12,13,14,15). The molecule has 1 aromatic heterocycles. The maximum Gasteiger partial charge on any atom is 0.335 e. The average Bonchev–Trinajstić information content (AvgIpc) is 2.29. The van der Waals surface area contributed by atoms with Crippen LogP contribution in [0.4, 0.5) is 10.7 Å². The lowest BCUT2D eigenvalue weighted by molar-refractivity contribution is 0.256. The minimum Gasteiger partial charge on any atom is -0.275 e. The van der Waals surface area contributed by atoms with Crippen molar-refractivity contribution in [2.24, 2.45) is 0 Å². The first kappa shape index (κ1) is 14.4. The van der Waals surface area contributed by atoms with Gasteiger partial charge in [-0.05, 0) is 12.5 Å². The molecule has 0 saturated heterocycles. The minimum atomic E-state index is -3.59. The first-order valence-corrected chi connectivity index (χ1v) is 7.27. The second-order valence-corrected chi connectivity index (χ2v) is 5.50. The highest BCUT2D eigenvalue weighted by Gasteiger charge is 2.14. The Morgan fingerprint density at radius 2 is 1.94 bits per heavy atom. The van der Waals surface area contributed by atoms with Gasteiger partial charge in [-0.1, -0.05) is 19.8 Å². The molecular weight excluding hydrogens is 256 g/mol. The van der Waals surface area contributed by atoms with E-state index in [9.17, 15) is 13.2 Å². The van der Waals surface area contributed by atoms with Gasteiger partial charge < -0.3 is 0 Å². The molecule has 1 heterocycles. The third-order valence-corrected chi connectivity index (χ3v) is 3.38. The van der Waals surface area contributed by atoms with Crippen LogP contribution in [0.2, 0.25) is 0 Å². The number of carbonyl (C=O) groups is 1. The Kier molecular flexibility index (Phi) is 5.50. The molecule has 0 atom stereocenters. The number of anilines is 1. The van der Waals surface area contributed by atoms with Gasteiger partial charge in [-0.25, -0.2) is 27.9 Å². The zero-order valence-corrected chi connectivity index (χ0v) is 10.9. The van der Waals surface area contributed by atoms with Gasteiger partial charge in [-0.15, -0.1) is 0 Å².